The SMILES string of the molecule is CN=C(NCCCN(C(C)C)C(C)C)NCc1scnc1C. The van der Waals surface area contributed by atoms with Crippen molar-refractivity contribution in [3.8, 4) is 0 Å². The molecule has 22 heavy (non-hydrogen) atoms. The molecule has 0 saturated carbocycles. The summed E-state index contributed by atoms with van der Waals surface area (Å²) in [7, 11) is 1.81. The Kier molecular flexibility index (Phi) is 8.42. The molecule has 5 nitrogen and oxygen atoms in total. The van der Waals surface area contributed by atoms with Gasteiger partial charge in [0, 0.05) is 37.1 Å². The third-order valence-corrected chi connectivity index (χ3v) is 4.63. The van der Waals surface area contributed by atoms with Crippen molar-refractivity contribution < 1.29 is 0 Å². The van der Waals surface area contributed by atoms with Crippen molar-refractivity contribution in [1.82, 2.24) is 20.5 Å². The van der Waals surface area contributed by atoms with Crippen LogP contribution in [0.15, 0.2) is 10.5 Å². The van der Waals surface area contributed by atoms with Gasteiger partial charge in [-0.05, 0) is 41.0 Å². The predicted octanol–water partition coefficient (Wildman–Crippen LogP) is 2.63. The normalized spacial score (nSPS) is 12.5. The molecule has 0 spiro atoms. The average molecular weight is 326 g/mol. The minimum absolute atomic E-state index is 0.590. The minimum Gasteiger partial charge on any atom is -0.356 e. The summed E-state index contributed by atoms with van der Waals surface area (Å²) in [6.45, 7) is 13.9. The lowest BCUT2D eigenvalue weighted by molar-refractivity contribution is 0.173. The molecule has 0 aliphatic rings. The first-order valence-electron chi connectivity index (χ1n) is 8.05. The van der Waals surface area contributed by atoms with Gasteiger partial charge in [0.2, 0.25) is 0 Å². The number of hydrogen-bond donors (Lipinski definition) is 2. The first kappa shape index (κ1) is 18.9. The lowest BCUT2D eigenvalue weighted by Gasteiger charge is -2.30. The van der Waals surface area contributed by atoms with E-state index in [-0.39, 0.29) is 0 Å². The maximum absolute atomic E-state index is 4.27. The number of aromatic nitrogens is 1. The molecule has 1 heterocycles. The Labute approximate surface area is 139 Å². The van der Waals surface area contributed by atoms with Gasteiger partial charge >= 0.3 is 0 Å². The fourth-order valence-corrected chi connectivity index (χ4v) is 3.18. The zero-order valence-corrected chi connectivity index (χ0v) is 15.6. The predicted molar refractivity (Wildman–Crippen MR) is 96.6 cm³/mol. The molecule has 1 aromatic rings. The van der Waals surface area contributed by atoms with E-state index < -0.39 is 0 Å². The Bertz CT molecular complexity index is 445. The molecule has 1 aromatic heterocycles. The van der Waals surface area contributed by atoms with E-state index >= 15 is 0 Å². The number of nitrogens with zero attached hydrogens (tertiary/aromatic N) is 3. The molecule has 0 bridgehead atoms. The number of aryl methyl sites for hydroxylation is 1. The molecule has 0 fully saturated rings. The van der Waals surface area contributed by atoms with Crippen molar-refractivity contribution in [2.45, 2.75) is 59.7 Å². The van der Waals surface area contributed by atoms with Crippen LogP contribution in [-0.4, -0.2) is 48.1 Å². The van der Waals surface area contributed by atoms with Crippen LogP contribution in [0.25, 0.3) is 0 Å². The second-order valence-corrected chi connectivity index (χ2v) is 6.93. The van der Waals surface area contributed by atoms with Crippen molar-refractivity contribution in [2.75, 3.05) is 20.1 Å². The topological polar surface area (TPSA) is 52.6 Å². The highest BCUT2D eigenvalue weighted by Crippen LogP contribution is 2.11. The van der Waals surface area contributed by atoms with Crippen LogP contribution in [0, 0.1) is 6.92 Å². The molecule has 2 N–H and O–H groups in total. The number of nitrogens with one attached hydrogen (secondary N) is 2. The lowest BCUT2D eigenvalue weighted by Crippen LogP contribution is -2.41. The van der Waals surface area contributed by atoms with E-state index in [1.54, 1.807) is 11.3 Å². The van der Waals surface area contributed by atoms with Crippen LogP contribution in [-0.2, 0) is 6.54 Å². The van der Waals surface area contributed by atoms with Gasteiger partial charge in [0.15, 0.2) is 5.96 Å². The fraction of sp³-hybridized carbons (Fsp3) is 0.750. The van der Waals surface area contributed by atoms with Gasteiger partial charge in [-0.25, -0.2) is 4.98 Å². The average Bonchev–Trinajstić information content (AvgIpc) is 2.86. The van der Waals surface area contributed by atoms with Crippen molar-refractivity contribution >= 4 is 17.3 Å². The van der Waals surface area contributed by atoms with Crippen molar-refractivity contribution in [3.05, 3.63) is 16.1 Å². The smallest absolute Gasteiger partial charge is 0.191 e. The molecule has 126 valence electrons. The lowest BCUT2D eigenvalue weighted by atomic mass is 10.2. The Morgan fingerprint density at radius 2 is 1.95 bits per heavy atom. The van der Waals surface area contributed by atoms with Crippen LogP contribution in [0.3, 0.4) is 0 Å². The molecule has 0 radical (unpaired) electrons. The van der Waals surface area contributed by atoms with Gasteiger partial charge in [-0.3, -0.25) is 9.89 Å². The second-order valence-electron chi connectivity index (χ2n) is 5.99. The van der Waals surface area contributed by atoms with E-state index in [1.165, 1.54) is 4.88 Å². The Morgan fingerprint density at radius 3 is 2.45 bits per heavy atom. The van der Waals surface area contributed by atoms with Crippen LogP contribution in [0.2, 0.25) is 0 Å². The van der Waals surface area contributed by atoms with Gasteiger partial charge in [0.1, 0.15) is 0 Å². The minimum atomic E-state index is 0.590. The third-order valence-electron chi connectivity index (χ3n) is 3.70. The standard InChI is InChI=1S/C16H31N5S/c1-12(2)21(13(3)4)9-7-8-18-16(17-6)19-10-15-14(5)20-11-22-15/h11-13H,7-10H2,1-6H3,(H2,17,18,19). The van der Waals surface area contributed by atoms with Gasteiger partial charge < -0.3 is 10.6 Å². The summed E-state index contributed by atoms with van der Waals surface area (Å²) < 4.78 is 0. The van der Waals surface area contributed by atoms with Crippen LogP contribution >= 0.6 is 11.3 Å². The number of guanidine groups is 1. The summed E-state index contributed by atoms with van der Waals surface area (Å²) in [5.74, 6) is 0.855. The van der Waals surface area contributed by atoms with Crippen LogP contribution in [0.4, 0.5) is 0 Å². The van der Waals surface area contributed by atoms with E-state index in [4.69, 9.17) is 0 Å². The highest BCUT2D eigenvalue weighted by Gasteiger charge is 2.12. The maximum atomic E-state index is 4.27. The number of aliphatic imine (C=N–C) groups is 1. The molecular formula is C16H31N5S. The number of rotatable bonds is 8. The largest absolute Gasteiger partial charge is 0.356 e. The first-order chi connectivity index (χ1) is 10.5. The summed E-state index contributed by atoms with van der Waals surface area (Å²) in [6, 6.07) is 1.18. The van der Waals surface area contributed by atoms with Gasteiger partial charge in [0.25, 0.3) is 0 Å². The number of thiazole rings is 1. The summed E-state index contributed by atoms with van der Waals surface area (Å²) >= 11 is 1.68. The Hall–Kier alpha value is -1.14. The quantitative estimate of drug-likeness (QED) is 0.438. The van der Waals surface area contributed by atoms with Crippen molar-refractivity contribution in [2.24, 2.45) is 4.99 Å². The Morgan fingerprint density at radius 1 is 1.27 bits per heavy atom. The molecule has 0 aliphatic carbocycles. The van der Waals surface area contributed by atoms with Gasteiger partial charge in [-0.2, -0.15) is 0 Å². The summed E-state index contributed by atoms with van der Waals surface area (Å²) in [5.41, 5.74) is 2.98. The fourth-order valence-electron chi connectivity index (χ4n) is 2.46. The van der Waals surface area contributed by atoms with Crippen molar-refractivity contribution in [3.63, 3.8) is 0 Å². The second kappa shape index (κ2) is 9.79. The van der Waals surface area contributed by atoms with E-state index in [0.29, 0.717) is 12.1 Å². The molecule has 0 unspecified atom stereocenters. The molecular weight excluding hydrogens is 294 g/mol. The van der Waals surface area contributed by atoms with E-state index in [1.807, 2.05) is 19.5 Å². The summed E-state index contributed by atoms with van der Waals surface area (Å²) in [4.78, 5) is 12.3. The van der Waals surface area contributed by atoms with E-state index in [2.05, 4.69) is 53.2 Å². The van der Waals surface area contributed by atoms with Crippen LogP contribution in [0.1, 0.15) is 44.7 Å². The monoisotopic (exact) mass is 325 g/mol. The van der Waals surface area contributed by atoms with Crippen molar-refractivity contribution in [1.29, 1.82) is 0 Å². The summed E-state index contributed by atoms with van der Waals surface area (Å²) in [5, 5.41) is 6.72. The van der Waals surface area contributed by atoms with Gasteiger partial charge in [-0.1, -0.05) is 0 Å². The van der Waals surface area contributed by atoms with Gasteiger partial charge in [0.05, 0.1) is 17.7 Å². The molecule has 0 saturated heterocycles. The molecule has 1 rings (SSSR count). The molecule has 0 aromatic carbocycles. The first-order valence-corrected chi connectivity index (χ1v) is 8.92. The maximum Gasteiger partial charge on any atom is 0.191 e. The molecule has 6 heteroatoms. The zero-order chi connectivity index (χ0) is 16.5. The highest BCUT2D eigenvalue weighted by molar-refractivity contribution is 7.09. The van der Waals surface area contributed by atoms with Crippen LogP contribution < -0.4 is 10.6 Å². The Balaban J connectivity index is 2.28. The third kappa shape index (κ3) is 6.32. The molecule has 0 aliphatic heterocycles. The molecule has 0 amide bonds. The highest BCUT2D eigenvalue weighted by atomic mass is 32.1. The number of hydrogen-bond acceptors (Lipinski definition) is 4. The molecule has 0 atom stereocenters. The zero-order valence-electron chi connectivity index (χ0n) is 14.8. The van der Waals surface area contributed by atoms with Gasteiger partial charge in [-0.15, -0.1) is 11.3 Å². The summed E-state index contributed by atoms with van der Waals surface area (Å²) in [6.07, 6.45) is 1.11. The van der Waals surface area contributed by atoms with Crippen LogP contribution in [0.5, 0.6) is 0 Å². The van der Waals surface area contributed by atoms with E-state index in [0.717, 1.165) is 37.7 Å². The van der Waals surface area contributed by atoms with E-state index in [9.17, 15) is 0 Å².